The van der Waals surface area contributed by atoms with Crippen LogP contribution in [0.1, 0.15) is 44.9 Å². The summed E-state index contributed by atoms with van der Waals surface area (Å²) in [5.74, 6) is 1.03. The van der Waals surface area contributed by atoms with Crippen molar-refractivity contribution in [2.45, 2.75) is 64.6 Å². The zero-order chi connectivity index (χ0) is 15.9. The standard InChI is InChI=1S/C16H28N4O2/c1-13(21)12-15-6-5-10-20(15)16(22)18-7-3-4-9-19-11-8-17-14(19)2/h8,11,13,15,21H,3-7,9-10,12H2,1-2H3,(H,18,22). The van der Waals surface area contributed by atoms with Gasteiger partial charge in [0.05, 0.1) is 6.10 Å². The van der Waals surface area contributed by atoms with Gasteiger partial charge >= 0.3 is 6.03 Å². The highest BCUT2D eigenvalue weighted by atomic mass is 16.3. The summed E-state index contributed by atoms with van der Waals surface area (Å²) < 4.78 is 2.13. The molecule has 22 heavy (non-hydrogen) atoms. The van der Waals surface area contributed by atoms with Crippen LogP contribution in [0.2, 0.25) is 0 Å². The van der Waals surface area contributed by atoms with Crippen LogP contribution in [-0.4, -0.2) is 50.8 Å². The fourth-order valence-electron chi connectivity index (χ4n) is 3.09. The Morgan fingerprint density at radius 1 is 1.55 bits per heavy atom. The molecule has 1 saturated heterocycles. The van der Waals surface area contributed by atoms with Gasteiger partial charge in [0.1, 0.15) is 5.82 Å². The fraction of sp³-hybridized carbons (Fsp3) is 0.750. The first-order valence-corrected chi connectivity index (χ1v) is 8.28. The Morgan fingerprint density at radius 2 is 2.36 bits per heavy atom. The number of unbranched alkanes of at least 4 members (excludes halogenated alkanes) is 1. The first-order valence-electron chi connectivity index (χ1n) is 8.28. The molecule has 0 radical (unpaired) electrons. The van der Waals surface area contributed by atoms with Crippen molar-refractivity contribution in [1.82, 2.24) is 19.8 Å². The minimum atomic E-state index is -0.350. The van der Waals surface area contributed by atoms with Gasteiger partial charge in [-0.2, -0.15) is 0 Å². The molecule has 1 aromatic heterocycles. The molecule has 0 saturated carbocycles. The Labute approximate surface area is 132 Å². The Hall–Kier alpha value is -1.56. The van der Waals surface area contributed by atoms with Gasteiger partial charge in [0.15, 0.2) is 0 Å². The van der Waals surface area contributed by atoms with E-state index in [9.17, 15) is 9.90 Å². The smallest absolute Gasteiger partial charge is 0.317 e. The Morgan fingerprint density at radius 3 is 3.05 bits per heavy atom. The number of carbonyl (C=O) groups is 1. The summed E-state index contributed by atoms with van der Waals surface area (Å²) in [6.45, 7) is 6.22. The highest BCUT2D eigenvalue weighted by Crippen LogP contribution is 2.21. The van der Waals surface area contributed by atoms with Gasteiger partial charge in [0.2, 0.25) is 0 Å². The van der Waals surface area contributed by atoms with Gasteiger partial charge in [0, 0.05) is 38.1 Å². The van der Waals surface area contributed by atoms with E-state index >= 15 is 0 Å². The number of hydrogen-bond donors (Lipinski definition) is 2. The van der Waals surface area contributed by atoms with Gasteiger partial charge in [-0.15, -0.1) is 0 Å². The number of nitrogens with one attached hydrogen (secondary N) is 1. The first kappa shape index (κ1) is 16.8. The quantitative estimate of drug-likeness (QED) is 0.756. The number of likely N-dealkylation sites (tertiary alicyclic amines) is 1. The Bertz CT molecular complexity index is 472. The Kier molecular flexibility index (Phi) is 6.24. The number of rotatable bonds is 7. The van der Waals surface area contributed by atoms with Gasteiger partial charge in [0.25, 0.3) is 0 Å². The van der Waals surface area contributed by atoms with E-state index in [1.54, 1.807) is 6.92 Å². The largest absolute Gasteiger partial charge is 0.393 e. The van der Waals surface area contributed by atoms with Crippen molar-refractivity contribution in [1.29, 1.82) is 0 Å². The summed E-state index contributed by atoms with van der Waals surface area (Å²) in [6, 6.07) is 0.204. The third-order valence-electron chi connectivity index (χ3n) is 4.28. The van der Waals surface area contributed by atoms with Gasteiger partial charge in [-0.05, 0) is 46.0 Å². The van der Waals surface area contributed by atoms with E-state index in [2.05, 4.69) is 14.9 Å². The average molecular weight is 308 g/mol. The number of aliphatic hydroxyl groups excluding tert-OH is 1. The topological polar surface area (TPSA) is 70.4 Å². The van der Waals surface area contributed by atoms with E-state index in [1.165, 1.54) is 0 Å². The highest BCUT2D eigenvalue weighted by Gasteiger charge is 2.29. The minimum Gasteiger partial charge on any atom is -0.393 e. The number of hydrogen-bond acceptors (Lipinski definition) is 3. The predicted octanol–water partition coefficient (Wildman–Crippen LogP) is 1.92. The first-order chi connectivity index (χ1) is 10.6. The zero-order valence-corrected chi connectivity index (χ0v) is 13.7. The summed E-state index contributed by atoms with van der Waals surface area (Å²) in [4.78, 5) is 18.3. The second-order valence-corrected chi connectivity index (χ2v) is 6.18. The van der Waals surface area contributed by atoms with Gasteiger partial charge in [-0.25, -0.2) is 9.78 Å². The van der Waals surface area contributed by atoms with E-state index in [0.717, 1.165) is 44.6 Å². The minimum absolute atomic E-state index is 0.0157. The lowest BCUT2D eigenvalue weighted by atomic mass is 10.1. The molecule has 1 aliphatic rings. The van der Waals surface area contributed by atoms with E-state index in [0.29, 0.717) is 13.0 Å². The lowest BCUT2D eigenvalue weighted by molar-refractivity contribution is 0.138. The van der Waals surface area contributed by atoms with Crippen LogP contribution in [0.15, 0.2) is 12.4 Å². The lowest BCUT2D eigenvalue weighted by Gasteiger charge is -2.26. The summed E-state index contributed by atoms with van der Waals surface area (Å²) >= 11 is 0. The molecular formula is C16H28N4O2. The average Bonchev–Trinajstić information content (AvgIpc) is 3.07. The molecule has 1 aromatic rings. The molecule has 0 bridgehead atoms. The van der Waals surface area contributed by atoms with E-state index in [1.807, 2.05) is 24.2 Å². The molecule has 0 aromatic carbocycles. The second kappa shape index (κ2) is 8.17. The van der Waals surface area contributed by atoms with Crippen molar-refractivity contribution in [2.75, 3.05) is 13.1 Å². The van der Waals surface area contributed by atoms with Crippen LogP contribution in [0.3, 0.4) is 0 Å². The number of aliphatic hydroxyl groups is 1. The highest BCUT2D eigenvalue weighted by molar-refractivity contribution is 5.74. The van der Waals surface area contributed by atoms with Crippen LogP contribution in [0, 0.1) is 6.92 Å². The van der Waals surface area contributed by atoms with Crippen LogP contribution >= 0.6 is 0 Å². The van der Waals surface area contributed by atoms with Crippen molar-refractivity contribution in [2.24, 2.45) is 0 Å². The van der Waals surface area contributed by atoms with Gasteiger partial charge in [-0.3, -0.25) is 0 Å². The normalized spacial score (nSPS) is 19.4. The number of urea groups is 1. The molecule has 2 atom stereocenters. The molecule has 2 N–H and O–H groups in total. The molecule has 2 amide bonds. The summed E-state index contributed by atoms with van der Waals surface area (Å²) in [5, 5.41) is 12.5. The van der Waals surface area contributed by atoms with Gasteiger partial charge in [-0.1, -0.05) is 0 Å². The second-order valence-electron chi connectivity index (χ2n) is 6.18. The third kappa shape index (κ3) is 4.73. The van der Waals surface area contributed by atoms with Crippen LogP contribution < -0.4 is 5.32 Å². The van der Waals surface area contributed by atoms with Gasteiger partial charge < -0.3 is 19.9 Å². The van der Waals surface area contributed by atoms with Crippen molar-refractivity contribution < 1.29 is 9.90 Å². The molecule has 2 unspecified atom stereocenters. The molecular weight excluding hydrogens is 280 g/mol. The van der Waals surface area contributed by atoms with Crippen molar-refractivity contribution in [3.8, 4) is 0 Å². The fourth-order valence-corrected chi connectivity index (χ4v) is 3.09. The molecule has 1 fully saturated rings. The van der Waals surface area contributed by atoms with Crippen LogP contribution in [0.5, 0.6) is 0 Å². The summed E-state index contributed by atoms with van der Waals surface area (Å²) in [5.41, 5.74) is 0. The SMILES string of the molecule is Cc1nccn1CCCCNC(=O)N1CCCC1CC(C)O. The molecule has 6 nitrogen and oxygen atoms in total. The molecule has 0 spiro atoms. The van der Waals surface area contributed by atoms with Crippen molar-refractivity contribution in [3.05, 3.63) is 18.2 Å². The number of carbonyl (C=O) groups excluding carboxylic acids is 1. The van der Waals surface area contributed by atoms with Crippen molar-refractivity contribution in [3.63, 3.8) is 0 Å². The van der Waals surface area contributed by atoms with Crippen LogP contribution in [0.25, 0.3) is 0 Å². The van der Waals surface area contributed by atoms with Crippen LogP contribution in [-0.2, 0) is 6.54 Å². The van der Waals surface area contributed by atoms with E-state index in [4.69, 9.17) is 0 Å². The Balaban J connectivity index is 1.64. The third-order valence-corrected chi connectivity index (χ3v) is 4.28. The zero-order valence-electron chi connectivity index (χ0n) is 13.7. The molecule has 2 rings (SSSR count). The maximum atomic E-state index is 12.2. The molecule has 2 heterocycles. The maximum absolute atomic E-state index is 12.2. The molecule has 6 heteroatoms. The summed E-state index contributed by atoms with van der Waals surface area (Å²) in [6.07, 6.45) is 8.13. The summed E-state index contributed by atoms with van der Waals surface area (Å²) in [7, 11) is 0. The van der Waals surface area contributed by atoms with E-state index in [-0.39, 0.29) is 18.2 Å². The number of nitrogens with zero attached hydrogens (tertiary/aromatic N) is 3. The predicted molar refractivity (Wildman–Crippen MR) is 85.6 cm³/mol. The maximum Gasteiger partial charge on any atom is 0.317 e. The number of imidazole rings is 1. The lowest BCUT2D eigenvalue weighted by Crippen LogP contribution is -2.44. The monoisotopic (exact) mass is 308 g/mol. The number of aryl methyl sites for hydroxylation is 2. The number of aromatic nitrogens is 2. The molecule has 1 aliphatic heterocycles. The number of amides is 2. The molecule has 124 valence electrons. The van der Waals surface area contributed by atoms with Crippen LogP contribution in [0.4, 0.5) is 4.79 Å². The molecule has 0 aliphatic carbocycles. The van der Waals surface area contributed by atoms with E-state index < -0.39 is 0 Å². The van der Waals surface area contributed by atoms with Crippen molar-refractivity contribution >= 4 is 6.03 Å².